The molecule has 0 fully saturated rings. The molecule has 0 aliphatic rings. The van der Waals surface area contributed by atoms with Crippen LogP contribution in [0, 0.1) is 5.82 Å². The van der Waals surface area contributed by atoms with Crippen molar-refractivity contribution in [1.29, 1.82) is 0 Å². The topological polar surface area (TPSA) is 84.2 Å². The lowest BCUT2D eigenvalue weighted by Gasteiger charge is -2.13. The Balaban J connectivity index is 1.47. The molecule has 178 valence electrons. The van der Waals surface area contributed by atoms with Gasteiger partial charge in [-0.25, -0.2) is 9.82 Å². The van der Waals surface area contributed by atoms with E-state index in [-0.39, 0.29) is 11.5 Å². The van der Waals surface area contributed by atoms with Gasteiger partial charge in [0, 0.05) is 22.0 Å². The molecule has 0 radical (unpaired) electrons. The number of hydrogen-bond acceptors (Lipinski definition) is 6. The third-order valence-electron chi connectivity index (χ3n) is 4.94. The highest BCUT2D eigenvalue weighted by molar-refractivity contribution is 8.00. The smallest absolute Gasteiger partial charge is 0.253 e. The molecule has 4 rings (SSSR count). The van der Waals surface area contributed by atoms with Crippen LogP contribution in [0.4, 0.5) is 10.1 Å². The van der Waals surface area contributed by atoms with Gasteiger partial charge in [0.1, 0.15) is 5.82 Å². The lowest BCUT2D eigenvalue weighted by Crippen LogP contribution is -2.27. The van der Waals surface area contributed by atoms with Gasteiger partial charge in [0.2, 0.25) is 0 Å². The second-order valence-corrected chi connectivity index (χ2v) is 9.19. The standard InChI is InChI=1S/C25H22ClFN6OS/c1-17(24(34)31-29-15-18-7-5-6-10-22(18)27)35-25-32-30-23(33(25)21-8-3-2-4-9-21)16-28-20-13-11-19(26)12-14-20/h2-15,17,28H,16H2,1H3,(H,31,34)/b29-15-/t17-/m0/s1. The molecule has 7 nitrogen and oxygen atoms in total. The summed E-state index contributed by atoms with van der Waals surface area (Å²) in [6, 6.07) is 23.2. The highest BCUT2D eigenvalue weighted by atomic mass is 35.5. The van der Waals surface area contributed by atoms with Gasteiger partial charge in [-0.2, -0.15) is 5.10 Å². The van der Waals surface area contributed by atoms with Crippen LogP contribution in [0.5, 0.6) is 0 Å². The first-order valence-corrected chi connectivity index (χ1v) is 12.0. The molecule has 35 heavy (non-hydrogen) atoms. The van der Waals surface area contributed by atoms with Crippen molar-refractivity contribution in [2.45, 2.75) is 23.9 Å². The number of carbonyl (C=O) groups excluding carboxylic acids is 1. The quantitative estimate of drug-likeness (QED) is 0.182. The highest BCUT2D eigenvalue weighted by Crippen LogP contribution is 2.26. The van der Waals surface area contributed by atoms with E-state index in [0.717, 1.165) is 11.4 Å². The molecule has 0 saturated heterocycles. The fourth-order valence-electron chi connectivity index (χ4n) is 3.12. The molecule has 0 saturated carbocycles. The number of thioether (sulfide) groups is 1. The fraction of sp³-hybridized carbons (Fsp3) is 0.120. The van der Waals surface area contributed by atoms with Gasteiger partial charge in [-0.1, -0.05) is 59.8 Å². The lowest BCUT2D eigenvalue weighted by atomic mass is 10.2. The van der Waals surface area contributed by atoms with E-state index in [0.29, 0.717) is 22.5 Å². The van der Waals surface area contributed by atoms with Gasteiger partial charge in [0.15, 0.2) is 11.0 Å². The molecule has 0 spiro atoms. The van der Waals surface area contributed by atoms with Crippen LogP contribution in [0.25, 0.3) is 5.69 Å². The largest absolute Gasteiger partial charge is 0.378 e. The number of nitrogens with one attached hydrogen (secondary N) is 2. The van der Waals surface area contributed by atoms with Gasteiger partial charge in [0.05, 0.1) is 18.0 Å². The first kappa shape index (κ1) is 24.4. The molecule has 0 aliphatic heterocycles. The van der Waals surface area contributed by atoms with Crippen molar-refractivity contribution < 1.29 is 9.18 Å². The summed E-state index contributed by atoms with van der Waals surface area (Å²) in [6.07, 6.45) is 1.28. The number of anilines is 1. The van der Waals surface area contributed by atoms with E-state index in [1.54, 1.807) is 25.1 Å². The number of para-hydroxylation sites is 1. The molecule has 1 atom stereocenters. The normalized spacial score (nSPS) is 12.0. The summed E-state index contributed by atoms with van der Waals surface area (Å²) < 4.78 is 15.6. The van der Waals surface area contributed by atoms with E-state index >= 15 is 0 Å². The molecule has 0 unspecified atom stereocenters. The molecular weight excluding hydrogens is 487 g/mol. The van der Waals surface area contributed by atoms with E-state index in [1.807, 2.05) is 59.2 Å². The average molecular weight is 509 g/mol. The van der Waals surface area contributed by atoms with E-state index in [2.05, 4.69) is 26.0 Å². The molecule has 4 aromatic rings. The second kappa shape index (κ2) is 11.6. The van der Waals surface area contributed by atoms with E-state index in [9.17, 15) is 9.18 Å². The molecule has 10 heteroatoms. The number of amides is 1. The number of carbonyl (C=O) groups is 1. The Bertz CT molecular complexity index is 1310. The zero-order valence-corrected chi connectivity index (χ0v) is 20.3. The summed E-state index contributed by atoms with van der Waals surface area (Å²) in [4.78, 5) is 12.6. The predicted octanol–water partition coefficient (Wildman–Crippen LogP) is 5.30. The van der Waals surface area contributed by atoms with Crippen molar-refractivity contribution in [3.63, 3.8) is 0 Å². The number of halogens is 2. The van der Waals surface area contributed by atoms with Gasteiger partial charge in [-0.3, -0.25) is 9.36 Å². The van der Waals surface area contributed by atoms with Crippen molar-refractivity contribution in [3.8, 4) is 5.69 Å². The number of benzene rings is 3. The van der Waals surface area contributed by atoms with Crippen molar-refractivity contribution >= 4 is 41.2 Å². The van der Waals surface area contributed by atoms with Gasteiger partial charge in [-0.05, 0) is 49.4 Å². The van der Waals surface area contributed by atoms with E-state index in [1.165, 1.54) is 24.0 Å². The van der Waals surface area contributed by atoms with Crippen LogP contribution in [0.2, 0.25) is 5.02 Å². The van der Waals surface area contributed by atoms with Crippen LogP contribution in [-0.2, 0) is 11.3 Å². The van der Waals surface area contributed by atoms with Crippen LogP contribution < -0.4 is 10.7 Å². The SMILES string of the molecule is C[C@H](Sc1nnc(CNc2ccc(Cl)cc2)n1-c1ccccc1)C(=O)N/N=C\c1ccccc1F. The van der Waals surface area contributed by atoms with E-state index < -0.39 is 11.1 Å². The summed E-state index contributed by atoms with van der Waals surface area (Å²) >= 11 is 7.22. The Hall–Kier alpha value is -3.69. The minimum absolute atomic E-state index is 0.287. The molecule has 2 N–H and O–H groups in total. The minimum Gasteiger partial charge on any atom is -0.378 e. The van der Waals surface area contributed by atoms with Crippen LogP contribution in [0.3, 0.4) is 0 Å². The molecule has 1 amide bonds. The summed E-state index contributed by atoms with van der Waals surface area (Å²) in [5.74, 6) is -0.0755. The maximum Gasteiger partial charge on any atom is 0.253 e. The Morgan fingerprint density at radius 1 is 1.09 bits per heavy atom. The van der Waals surface area contributed by atoms with Gasteiger partial charge in [0.25, 0.3) is 5.91 Å². The monoisotopic (exact) mass is 508 g/mol. The van der Waals surface area contributed by atoms with Crippen LogP contribution in [0.1, 0.15) is 18.3 Å². The lowest BCUT2D eigenvalue weighted by molar-refractivity contribution is -0.120. The Labute approximate surface area is 211 Å². The highest BCUT2D eigenvalue weighted by Gasteiger charge is 2.21. The van der Waals surface area contributed by atoms with Gasteiger partial charge < -0.3 is 5.32 Å². The molecule has 0 bridgehead atoms. The maximum atomic E-state index is 13.7. The number of rotatable bonds is 9. The zero-order valence-electron chi connectivity index (χ0n) is 18.7. The zero-order chi connectivity index (χ0) is 24.6. The Kier molecular flexibility index (Phi) is 8.12. The number of nitrogens with zero attached hydrogens (tertiary/aromatic N) is 4. The van der Waals surface area contributed by atoms with Crippen LogP contribution in [-0.4, -0.2) is 32.1 Å². The van der Waals surface area contributed by atoms with Crippen molar-refractivity contribution in [2.24, 2.45) is 5.10 Å². The van der Waals surface area contributed by atoms with Crippen molar-refractivity contribution in [3.05, 3.63) is 101 Å². The first-order chi connectivity index (χ1) is 17.0. The Morgan fingerprint density at radius 3 is 2.54 bits per heavy atom. The number of hydrogen-bond donors (Lipinski definition) is 2. The number of hydrazone groups is 1. The maximum absolute atomic E-state index is 13.7. The third kappa shape index (κ3) is 6.46. The molecular formula is C25H22ClFN6OS. The van der Waals surface area contributed by atoms with E-state index in [4.69, 9.17) is 11.6 Å². The second-order valence-electron chi connectivity index (χ2n) is 7.45. The third-order valence-corrected chi connectivity index (χ3v) is 6.24. The average Bonchev–Trinajstić information content (AvgIpc) is 3.27. The van der Waals surface area contributed by atoms with Crippen LogP contribution in [0.15, 0.2) is 89.1 Å². The molecule has 1 heterocycles. The summed E-state index contributed by atoms with van der Waals surface area (Å²) in [5.41, 5.74) is 4.51. The molecule has 0 aliphatic carbocycles. The molecule has 1 aromatic heterocycles. The predicted molar refractivity (Wildman–Crippen MR) is 138 cm³/mol. The Morgan fingerprint density at radius 2 is 1.80 bits per heavy atom. The van der Waals surface area contributed by atoms with Crippen molar-refractivity contribution in [1.82, 2.24) is 20.2 Å². The van der Waals surface area contributed by atoms with Gasteiger partial charge >= 0.3 is 0 Å². The summed E-state index contributed by atoms with van der Waals surface area (Å²) in [6.45, 7) is 2.16. The fourth-order valence-corrected chi connectivity index (χ4v) is 4.13. The minimum atomic E-state index is -0.531. The van der Waals surface area contributed by atoms with Crippen LogP contribution >= 0.6 is 23.4 Å². The summed E-state index contributed by atoms with van der Waals surface area (Å²) in [5, 5.41) is 16.6. The first-order valence-electron chi connectivity index (χ1n) is 10.7. The van der Waals surface area contributed by atoms with Gasteiger partial charge in [-0.15, -0.1) is 10.2 Å². The summed E-state index contributed by atoms with van der Waals surface area (Å²) in [7, 11) is 0. The molecule has 3 aromatic carbocycles. The van der Waals surface area contributed by atoms with Crippen molar-refractivity contribution in [2.75, 3.05) is 5.32 Å². The number of aromatic nitrogens is 3.